The lowest BCUT2D eigenvalue weighted by Crippen LogP contribution is -2.44. The fourth-order valence-corrected chi connectivity index (χ4v) is 2.77. The van der Waals surface area contributed by atoms with Crippen molar-refractivity contribution in [2.45, 2.75) is 24.9 Å². The van der Waals surface area contributed by atoms with Gasteiger partial charge in [-0.25, -0.2) is 9.40 Å². The van der Waals surface area contributed by atoms with Crippen molar-refractivity contribution in [3.63, 3.8) is 0 Å². The topological polar surface area (TPSA) is 44.4 Å². The van der Waals surface area contributed by atoms with E-state index in [2.05, 4.69) is 10.7 Å². The summed E-state index contributed by atoms with van der Waals surface area (Å²) in [6.07, 6.45) is 1.31. The average Bonchev–Trinajstić information content (AvgIpc) is 2.98. The largest absolute Gasteiger partial charge is 0.315 e. The summed E-state index contributed by atoms with van der Waals surface area (Å²) >= 11 is 0. The van der Waals surface area contributed by atoms with Crippen molar-refractivity contribution in [1.82, 2.24) is 15.8 Å². The van der Waals surface area contributed by atoms with Gasteiger partial charge in [-0.3, -0.25) is 10.2 Å². The van der Waals surface area contributed by atoms with Crippen LogP contribution in [0, 0.1) is 5.82 Å². The van der Waals surface area contributed by atoms with Gasteiger partial charge < -0.3 is 5.32 Å². The Morgan fingerprint density at radius 2 is 2.17 bits per heavy atom. The highest BCUT2D eigenvalue weighted by Gasteiger charge is 2.38. The highest BCUT2D eigenvalue weighted by Crippen LogP contribution is 2.32. The smallest absolute Gasteiger partial charge is 0.236 e. The van der Waals surface area contributed by atoms with E-state index in [1.54, 1.807) is 12.1 Å². The number of rotatable bonds is 2. The normalized spacial score (nSPS) is 28.6. The molecule has 1 aromatic rings. The Hall–Kier alpha value is -1.46. The number of hydrogen-bond acceptors (Lipinski definition) is 3. The van der Waals surface area contributed by atoms with Crippen molar-refractivity contribution in [3.8, 4) is 0 Å². The fourth-order valence-electron chi connectivity index (χ4n) is 2.77. The second-order valence-electron chi connectivity index (χ2n) is 4.83. The molecule has 5 heteroatoms. The predicted octanol–water partition coefficient (Wildman–Crippen LogP) is 0.966. The minimum atomic E-state index is -0.241. The molecule has 4 nitrogen and oxygen atoms in total. The van der Waals surface area contributed by atoms with E-state index >= 15 is 0 Å². The molecule has 0 bridgehead atoms. The number of nitrogens with zero attached hydrogens (tertiary/aromatic N) is 1. The fraction of sp³-hybridized carbons (Fsp3) is 0.462. The van der Waals surface area contributed by atoms with Gasteiger partial charge in [0, 0.05) is 24.6 Å². The molecule has 0 aromatic heterocycles. The molecular formula is C13H16FN3O. The van der Waals surface area contributed by atoms with Gasteiger partial charge in [-0.2, -0.15) is 0 Å². The molecule has 2 saturated heterocycles. The van der Waals surface area contributed by atoms with Gasteiger partial charge in [0.2, 0.25) is 5.91 Å². The third-order valence-corrected chi connectivity index (χ3v) is 3.66. The van der Waals surface area contributed by atoms with Crippen molar-refractivity contribution in [2.24, 2.45) is 0 Å². The summed E-state index contributed by atoms with van der Waals surface area (Å²) in [5.74, 6) is -0.273. The van der Waals surface area contributed by atoms with Crippen LogP contribution >= 0.6 is 0 Å². The molecule has 96 valence electrons. The Morgan fingerprint density at radius 1 is 1.33 bits per heavy atom. The number of amides is 1. The molecule has 1 amide bonds. The first kappa shape index (κ1) is 11.6. The van der Waals surface area contributed by atoms with E-state index in [1.807, 2.05) is 11.1 Å². The van der Waals surface area contributed by atoms with Crippen molar-refractivity contribution in [2.75, 3.05) is 13.1 Å². The lowest BCUT2D eigenvalue weighted by Gasteiger charge is -2.29. The van der Waals surface area contributed by atoms with Crippen LogP contribution in [-0.2, 0) is 4.79 Å². The summed E-state index contributed by atoms with van der Waals surface area (Å²) < 4.78 is 13.8. The van der Waals surface area contributed by atoms with Gasteiger partial charge >= 0.3 is 0 Å². The lowest BCUT2D eigenvalue weighted by atomic mass is 10.0. The first-order valence-corrected chi connectivity index (χ1v) is 6.28. The molecule has 3 rings (SSSR count). The molecule has 2 aliphatic rings. The third kappa shape index (κ3) is 2.00. The quantitative estimate of drug-likeness (QED) is 0.820. The number of hydrazine groups is 1. The van der Waals surface area contributed by atoms with Crippen molar-refractivity contribution in [3.05, 3.63) is 35.6 Å². The molecule has 2 fully saturated rings. The summed E-state index contributed by atoms with van der Waals surface area (Å²) in [6.45, 7) is 1.78. The van der Waals surface area contributed by atoms with Crippen molar-refractivity contribution < 1.29 is 9.18 Å². The zero-order valence-corrected chi connectivity index (χ0v) is 10.0. The van der Waals surface area contributed by atoms with Crippen LogP contribution in [0.1, 0.15) is 24.4 Å². The maximum atomic E-state index is 13.8. The first-order chi connectivity index (χ1) is 8.75. The highest BCUT2D eigenvalue weighted by atomic mass is 19.1. The van der Waals surface area contributed by atoms with Gasteiger partial charge in [-0.1, -0.05) is 18.2 Å². The molecule has 2 unspecified atom stereocenters. The number of nitrogens with one attached hydrogen (secondary N) is 2. The highest BCUT2D eigenvalue weighted by molar-refractivity contribution is 5.78. The van der Waals surface area contributed by atoms with E-state index in [0.717, 1.165) is 19.5 Å². The Bertz CT molecular complexity index is 459. The predicted molar refractivity (Wildman–Crippen MR) is 65.0 cm³/mol. The number of halogens is 1. The summed E-state index contributed by atoms with van der Waals surface area (Å²) in [5.41, 5.74) is 3.46. The van der Waals surface area contributed by atoms with E-state index < -0.39 is 0 Å². The molecule has 2 atom stereocenters. The first-order valence-electron chi connectivity index (χ1n) is 6.28. The maximum absolute atomic E-state index is 13.8. The van der Waals surface area contributed by atoms with Gasteiger partial charge in [-0.05, 0) is 19.0 Å². The SMILES string of the molecule is O=C1CC(c2ccccc2F)N(C2CCNC2)N1. The van der Waals surface area contributed by atoms with Crippen LogP contribution in [-0.4, -0.2) is 30.0 Å². The van der Waals surface area contributed by atoms with Gasteiger partial charge in [0.05, 0.1) is 6.04 Å². The zero-order chi connectivity index (χ0) is 12.5. The molecule has 2 heterocycles. The standard InChI is InChI=1S/C13H16FN3O/c14-11-4-2-1-3-10(11)12-7-13(18)16-17(12)9-5-6-15-8-9/h1-4,9,12,15H,5-8H2,(H,16,18). The van der Waals surface area contributed by atoms with Gasteiger partial charge in [0.1, 0.15) is 5.82 Å². The van der Waals surface area contributed by atoms with Gasteiger partial charge in [0.25, 0.3) is 0 Å². The molecule has 0 spiro atoms. The van der Waals surface area contributed by atoms with Gasteiger partial charge in [-0.15, -0.1) is 0 Å². The Kier molecular flexibility index (Phi) is 3.01. The number of hydrogen-bond donors (Lipinski definition) is 2. The minimum absolute atomic E-state index is 0.0323. The Labute approximate surface area is 105 Å². The second kappa shape index (κ2) is 4.66. The number of carbonyl (C=O) groups excluding carboxylic acids is 1. The van der Waals surface area contributed by atoms with Crippen molar-refractivity contribution in [1.29, 1.82) is 0 Å². The average molecular weight is 249 g/mol. The summed E-state index contributed by atoms with van der Waals surface area (Å²) in [4.78, 5) is 11.6. The molecule has 18 heavy (non-hydrogen) atoms. The summed E-state index contributed by atoms with van der Waals surface area (Å²) in [7, 11) is 0. The molecule has 0 aliphatic carbocycles. The van der Waals surface area contributed by atoms with E-state index in [4.69, 9.17) is 0 Å². The molecule has 0 radical (unpaired) electrons. The number of benzene rings is 1. The van der Waals surface area contributed by atoms with Crippen LogP contribution in [0.5, 0.6) is 0 Å². The van der Waals surface area contributed by atoms with Crippen molar-refractivity contribution >= 4 is 5.91 Å². The van der Waals surface area contributed by atoms with Crippen LogP contribution in [0.15, 0.2) is 24.3 Å². The molecule has 2 N–H and O–H groups in total. The summed E-state index contributed by atoms with van der Waals surface area (Å²) in [5, 5.41) is 5.18. The van der Waals surface area contributed by atoms with Crippen LogP contribution in [0.2, 0.25) is 0 Å². The third-order valence-electron chi connectivity index (χ3n) is 3.66. The second-order valence-corrected chi connectivity index (χ2v) is 4.83. The number of carbonyl (C=O) groups is 1. The van der Waals surface area contributed by atoms with Crippen LogP contribution < -0.4 is 10.7 Å². The summed E-state index contributed by atoms with van der Waals surface area (Å²) in [6, 6.07) is 6.75. The van der Waals surface area contributed by atoms with Crippen LogP contribution in [0.4, 0.5) is 4.39 Å². The monoisotopic (exact) mass is 249 g/mol. The molecular weight excluding hydrogens is 233 g/mol. The van der Waals surface area contributed by atoms with Crippen LogP contribution in [0.3, 0.4) is 0 Å². The van der Waals surface area contributed by atoms with E-state index in [1.165, 1.54) is 6.07 Å². The molecule has 2 aliphatic heterocycles. The molecule has 1 aromatic carbocycles. The molecule has 0 saturated carbocycles. The maximum Gasteiger partial charge on any atom is 0.236 e. The minimum Gasteiger partial charge on any atom is -0.315 e. The zero-order valence-electron chi connectivity index (χ0n) is 10.0. The Balaban J connectivity index is 1.89. The Morgan fingerprint density at radius 3 is 2.89 bits per heavy atom. The van der Waals surface area contributed by atoms with E-state index in [9.17, 15) is 9.18 Å². The van der Waals surface area contributed by atoms with E-state index in [0.29, 0.717) is 12.0 Å². The lowest BCUT2D eigenvalue weighted by molar-refractivity contribution is -0.121. The van der Waals surface area contributed by atoms with E-state index in [-0.39, 0.29) is 23.8 Å². The van der Waals surface area contributed by atoms with Crippen LogP contribution in [0.25, 0.3) is 0 Å². The van der Waals surface area contributed by atoms with Gasteiger partial charge in [0.15, 0.2) is 0 Å².